The molecule has 0 bridgehead atoms. The summed E-state index contributed by atoms with van der Waals surface area (Å²) in [6, 6.07) is 0. The van der Waals surface area contributed by atoms with Crippen molar-refractivity contribution in [2.75, 3.05) is 0 Å². The molecule has 0 saturated heterocycles. The Hall–Kier alpha value is -0.700. The van der Waals surface area contributed by atoms with E-state index in [0.29, 0.717) is 0 Å². The molecule has 10 heavy (non-hydrogen) atoms. The van der Waals surface area contributed by atoms with Gasteiger partial charge in [0.2, 0.25) is 0 Å². The van der Waals surface area contributed by atoms with Crippen LogP contribution in [0.2, 0.25) is 0 Å². The molecule has 0 aliphatic carbocycles. The third-order valence-electron chi connectivity index (χ3n) is 0.428. The number of carbonyl (C=O) groups excluding carboxylic acids is 1. The first-order chi connectivity index (χ1) is 4.81. The van der Waals surface area contributed by atoms with Gasteiger partial charge in [0, 0.05) is 0 Å². The van der Waals surface area contributed by atoms with Crippen LogP contribution in [0.3, 0.4) is 0 Å². The van der Waals surface area contributed by atoms with Gasteiger partial charge in [0.25, 0.3) is 5.91 Å². The molecule has 0 aromatic carbocycles. The normalized spacial score (nSPS) is 6.60. The van der Waals surface area contributed by atoms with Crippen LogP contribution < -0.4 is 4.72 Å². The molecule has 0 aliphatic rings. The van der Waals surface area contributed by atoms with Crippen molar-refractivity contribution in [2.24, 2.45) is 0 Å². The second-order valence-electron chi connectivity index (χ2n) is 0.955. The molecule has 0 aromatic heterocycles. The van der Waals surface area contributed by atoms with Crippen LogP contribution >= 0.6 is 11.9 Å². The predicted octanol–water partition coefficient (Wildman–Crippen LogP) is 2.11. The fourth-order valence-electron chi connectivity index (χ4n) is 0.141. The zero-order valence-electron chi connectivity index (χ0n) is 6.39. The minimum Gasteiger partial charge on any atom is -0.293 e. The molecule has 0 unspecified atom stereocenters. The van der Waals surface area contributed by atoms with Gasteiger partial charge in [-0.25, -0.2) is 0 Å². The lowest BCUT2D eigenvalue weighted by molar-refractivity contribution is -0.114. The first-order valence-electron chi connectivity index (χ1n) is 3.00. The molecule has 0 rings (SSSR count). The molecule has 58 valence electrons. The van der Waals surface area contributed by atoms with E-state index in [1.54, 1.807) is 0 Å². The quantitative estimate of drug-likeness (QED) is 0.504. The third-order valence-corrected chi connectivity index (χ3v) is 0.914. The molecule has 0 aliphatic heterocycles. The SMILES string of the molecule is C=CSNC(=O)C=C.CC. The van der Waals surface area contributed by atoms with Crippen molar-refractivity contribution in [3.8, 4) is 0 Å². The Balaban J connectivity index is 0. The van der Waals surface area contributed by atoms with Crippen LogP contribution in [0, 0.1) is 0 Å². The molecule has 3 heteroatoms. The van der Waals surface area contributed by atoms with Crippen molar-refractivity contribution in [3.63, 3.8) is 0 Å². The summed E-state index contributed by atoms with van der Waals surface area (Å²) < 4.78 is 2.42. The molecular weight excluding hydrogens is 146 g/mol. The number of carbonyl (C=O) groups is 1. The Bertz CT molecular complexity index is 112. The summed E-state index contributed by atoms with van der Waals surface area (Å²) in [7, 11) is 0. The van der Waals surface area contributed by atoms with Crippen LogP contribution in [0.1, 0.15) is 13.8 Å². The molecule has 1 amide bonds. The molecule has 0 fully saturated rings. The van der Waals surface area contributed by atoms with Gasteiger partial charge in [0.15, 0.2) is 0 Å². The standard InChI is InChI=1S/C5H7NOS.C2H6/c1-3-5(7)6-8-4-2;1-2/h3-4H,1-2H2,(H,6,7);1-2H3. The van der Waals surface area contributed by atoms with Crippen molar-refractivity contribution in [1.29, 1.82) is 0 Å². The zero-order valence-corrected chi connectivity index (χ0v) is 7.20. The van der Waals surface area contributed by atoms with E-state index in [1.165, 1.54) is 11.5 Å². The van der Waals surface area contributed by atoms with Gasteiger partial charge in [-0.1, -0.05) is 27.0 Å². The molecule has 0 radical (unpaired) electrons. The van der Waals surface area contributed by atoms with Crippen LogP contribution in [-0.2, 0) is 4.79 Å². The molecule has 0 saturated carbocycles. The van der Waals surface area contributed by atoms with Gasteiger partial charge in [-0.15, -0.1) is 0 Å². The first kappa shape index (κ1) is 12.0. The van der Waals surface area contributed by atoms with E-state index in [9.17, 15) is 4.79 Å². The Morgan fingerprint density at radius 2 is 2.00 bits per heavy atom. The summed E-state index contributed by atoms with van der Waals surface area (Å²) in [6.07, 6.45) is 1.20. The Morgan fingerprint density at radius 3 is 2.30 bits per heavy atom. The maximum atomic E-state index is 10.3. The smallest absolute Gasteiger partial charge is 0.253 e. The van der Waals surface area contributed by atoms with Crippen molar-refractivity contribution in [1.82, 2.24) is 4.72 Å². The third kappa shape index (κ3) is 10.3. The minimum absolute atomic E-state index is 0.199. The minimum atomic E-state index is -0.199. The summed E-state index contributed by atoms with van der Waals surface area (Å²) in [5.41, 5.74) is 0. The number of nitrogens with one attached hydrogen (secondary N) is 1. The second kappa shape index (κ2) is 11.1. The maximum Gasteiger partial charge on any atom is 0.253 e. The predicted molar refractivity (Wildman–Crippen MR) is 47.5 cm³/mol. The van der Waals surface area contributed by atoms with Crippen molar-refractivity contribution in [3.05, 3.63) is 24.6 Å². The summed E-state index contributed by atoms with van der Waals surface area (Å²) >= 11 is 1.13. The summed E-state index contributed by atoms with van der Waals surface area (Å²) in [6.45, 7) is 10.6. The largest absolute Gasteiger partial charge is 0.293 e. The average Bonchev–Trinajstić information content (AvgIpc) is 2.04. The van der Waals surface area contributed by atoms with Crippen LogP contribution in [0.15, 0.2) is 24.6 Å². The highest BCUT2D eigenvalue weighted by molar-refractivity contribution is 8.00. The van der Waals surface area contributed by atoms with Crippen molar-refractivity contribution in [2.45, 2.75) is 13.8 Å². The average molecular weight is 159 g/mol. The van der Waals surface area contributed by atoms with Crippen LogP contribution in [0.4, 0.5) is 0 Å². The lowest BCUT2D eigenvalue weighted by atomic mass is 10.6. The van der Waals surface area contributed by atoms with E-state index in [-0.39, 0.29) is 5.91 Å². The highest BCUT2D eigenvalue weighted by Gasteiger charge is 1.86. The maximum absolute atomic E-state index is 10.3. The van der Waals surface area contributed by atoms with E-state index in [2.05, 4.69) is 17.9 Å². The number of rotatable bonds is 3. The van der Waals surface area contributed by atoms with Gasteiger partial charge in [-0.3, -0.25) is 9.52 Å². The second-order valence-corrected chi connectivity index (χ2v) is 1.73. The lowest BCUT2D eigenvalue weighted by Crippen LogP contribution is -2.09. The number of amides is 1. The molecule has 0 heterocycles. The van der Waals surface area contributed by atoms with E-state index in [1.807, 2.05) is 13.8 Å². The van der Waals surface area contributed by atoms with Crippen molar-refractivity contribution < 1.29 is 4.79 Å². The summed E-state index contributed by atoms with van der Waals surface area (Å²) in [4.78, 5) is 10.3. The zero-order chi connectivity index (χ0) is 8.41. The molecule has 1 N–H and O–H groups in total. The van der Waals surface area contributed by atoms with Crippen LogP contribution in [0.5, 0.6) is 0 Å². The molecule has 0 spiro atoms. The summed E-state index contributed by atoms with van der Waals surface area (Å²) in [5, 5.41) is 1.53. The van der Waals surface area contributed by atoms with Gasteiger partial charge in [-0.2, -0.15) is 0 Å². The Morgan fingerprint density at radius 1 is 1.50 bits per heavy atom. The van der Waals surface area contributed by atoms with E-state index in [4.69, 9.17) is 0 Å². The van der Waals surface area contributed by atoms with Crippen molar-refractivity contribution >= 4 is 17.9 Å². The van der Waals surface area contributed by atoms with Crippen LogP contribution in [-0.4, -0.2) is 5.91 Å². The fourth-order valence-corrected chi connectivity index (χ4v) is 0.424. The highest BCUT2D eigenvalue weighted by Crippen LogP contribution is 1.90. The molecule has 0 aromatic rings. The summed E-state index contributed by atoms with van der Waals surface area (Å²) in [5.74, 6) is -0.199. The lowest BCUT2D eigenvalue weighted by Gasteiger charge is -1.90. The Kier molecular flexibility index (Phi) is 13.4. The number of hydrogen-bond acceptors (Lipinski definition) is 2. The van der Waals surface area contributed by atoms with Gasteiger partial charge < -0.3 is 0 Å². The Labute approximate surface area is 66.5 Å². The van der Waals surface area contributed by atoms with Gasteiger partial charge in [-0.05, 0) is 23.4 Å². The fraction of sp³-hybridized carbons (Fsp3) is 0.286. The van der Waals surface area contributed by atoms with E-state index < -0.39 is 0 Å². The van der Waals surface area contributed by atoms with Gasteiger partial charge in [0.1, 0.15) is 0 Å². The van der Waals surface area contributed by atoms with Gasteiger partial charge in [0.05, 0.1) is 0 Å². The van der Waals surface area contributed by atoms with Crippen LogP contribution in [0.25, 0.3) is 0 Å². The monoisotopic (exact) mass is 159 g/mol. The molecule has 0 atom stereocenters. The molecular formula is C7H13NOS. The highest BCUT2D eigenvalue weighted by atomic mass is 32.2. The molecule has 2 nitrogen and oxygen atoms in total. The van der Waals surface area contributed by atoms with E-state index >= 15 is 0 Å². The topological polar surface area (TPSA) is 29.1 Å². The first-order valence-corrected chi connectivity index (χ1v) is 3.88. The number of hydrogen-bond donors (Lipinski definition) is 1. The van der Waals surface area contributed by atoms with E-state index in [0.717, 1.165) is 11.9 Å². The van der Waals surface area contributed by atoms with Gasteiger partial charge >= 0.3 is 0 Å².